The Morgan fingerprint density at radius 1 is 1.21 bits per heavy atom. The summed E-state index contributed by atoms with van der Waals surface area (Å²) < 4.78 is 27.4. The van der Waals surface area contributed by atoms with Gasteiger partial charge in [0.2, 0.25) is 15.9 Å². The zero-order chi connectivity index (χ0) is 17.7. The number of likely N-dealkylation sites (tertiary alicyclic amines) is 1. The summed E-state index contributed by atoms with van der Waals surface area (Å²) in [4.78, 5) is 24.7. The lowest BCUT2D eigenvalue weighted by Crippen LogP contribution is -2.41. The molecule has 7 nitrogen and oxygen atoms in total. The molecule has 0 radical (unpaired) electrons. The molecule has 9 heteroatoms. The maximum Gasteiger partial charge on any atom is 0.306 e. The van der Waals surface area contributed by atoms with Crippen molar-refractivity contribution in [3.63, 3.8) is 0 Å². The predicted molar refractivity (Wildman–Crippen MR) is 90.9 cm³/mol. The van der Waals surface area contributed by atoms with Crippen LogP contribution in [-0.2, 0) is 19.6 Å². The Bertz CT molecular complexity index is 697. The number of benzene rings is 1. The van der Waals surface area contributed by atoms with Crippen molar-refractivity contribution in [2.24, 2.45) is 5.92 Å². The molecule has 1 heterocycles. The molecule has 24 heavy (non-hydrogen) atoms. The van der Waals surface area contributed by atoms with Crippen LogP contribution in [0, 0.1) is 5.92 Å². The molecule has 1 aromatic rings. The van der Waals surface area contributed by atoms with Crippen molar-refractivity contribution < 1.29 is 23.1 Å². The number of sulfonamides is 1. The van der Waals surface area contributed by atoms with Crippen LogP contribution >= 0.6 is 15.9 Å². The summed E-state index contributed by atoms with van der Waals surface area (Å²) in [7, 11) is -3.64. The highest BCUT2D eigenvalue weighted by molar-refractivity contribution is 9.10. The van der Waals surface area contributed by atoms with Gasteiger partial charge in [-0.25, -0.2) is 13.1 Å². The van der Waals surface area contributed by atoms with Crippen molar-refractivity contribution in [2.45, 2.75) is 24.2 Å². The van der Waals surface area contributed by atoms with Crippen LogP contribution in [0.15, 0.2) is 33.6 Å². The first-order valence-corrected chi connectivity index (χ1v) is 9.83. The highest BCUT2D eigenvalue weighted by atomic mass is 79.9. The van der Waals surface area contributed by atoms with Crippen LogP contribution in [0.25, 0.3) is 0 Å². The molecule has 1 aliphatic heterocycles. The molecule has 1 fully saturated rings. The molecule has 0 spiro atoms. The van der Waals surface area contributed by atoms with Gasteiger partial charge >= 0.3 is 5.97 Å². The molecule has 1 saturated heterocycles. The molecule has 0 unspecified atom stereocenters. The van der Waals surface area contributed by atoms with E-state index < -0.39 is 21.9 Å². The number of nitrogens with one attached hydrogen (secondary N) is 1. The second-order valence-electron chi connectivity index (χ2n) is 5.59. The fraction of sp³-hybridized carbons (Fsp3) is 0.467. The van der Waals surface area contributed by atoms with Gasteiger partial charge in [-0.05, 0) is 37.1 Å². The van der Waals surface area contributed by atoms with E-state index in [1.165, 1.54) is 12.1 Å². The molecule has 0 aliphatic carbocycles. The van der Waals surface area contributed by atoms with E-state index in [2.05, 4.69) is 20.7 Å². The molecule has 1 aliphatic rings. The van der Waals surface area contributed by atoms with E-state index >= 15 is 0 Å². The Morgan fingerprint density at radius 2 is 1.79 bits per heavy atom. The highest BCUT2D eigenvalue weighted by Gasteiger charge is 2.26. The number of rotatable bonds is 6. The number of carboxylic acids is 1. The van der Waals surface area contributed by atoms with Crippen LogP contribution in [-0.4, -0.2) is 49.9 Å². The minimum Gasteiger partial charge on any atom is -0.481 e. The Morgan fingerprint density at radius 3 is 2.33 bits per heavy atom. The number of amides is 1. The predicted octanol–water partition coefficient (Wildman–Crippen LogP) is 1.44. The lowest BCUT2D eigenvalue weighted by atomic mass is 9.97. The first kappa shape index (κ1) is 18.9. The van der Waals surface area contributed by atoms with E-state index in [0.717, 1.165) is 4.47 Å². The molecule has 0 bridgehead atoms. The van der Waals surface area contributed by atoms with Crippen LogP contribution in [0.4, 0.5) is 0 Å². The van der Waals surface area contributed by atoms with Gasteiger partial charge in [-0.3, -0.25) is 9.59 Å². The average Bonchev–Trinajstić information content (AvgIpc) is 2.55. The molecular formula is C15H19BrN2O5S. The number of carbonyl (C=O) groups is 2. The number of hydrogen-bond donors (Lipinski definition) is 2. The zero-order valence-electron chi connectivity index (χ0n) is 12.9. The van der Waals surface area contributed by atoms with Crippen molar-refractivity contribution in [1.82, 2.24) is 9.62 Å². The molecule has 1 aromatic carbocycles. The van der Waals surface area contributed by atoms with Gasteiger partial charge in [-0.15, -0.1) is 0 Å². The Balaban J connectivity index is 1.80. The normalized spacial score (nSPS) is 16.1. The van der Waals surface area contributed by atoms with E-state index in [1.54, 1.807) is 17.0 Å². The summed E-state index contributed by atoms with van der Waals surface area (Å²) in [6.45, 7) is 0.806. The minimum atomic E-state index is -3.64. The number of halogens is 1. The number of hydrogen-bond acceptors (Lipinski definition) is 4. The Kier molecular flexibility index (Phi) is 6.36. The van der Waals surface area contributed by atoms with Gasteiger partial charge in [0.05, 0.1) is 10.8 Å². The SMILES string of the molecule is O=C(O)C1CCN(C(=O)CCNS(=O)(=O)c2ccc(Br)cc2)CC1. The van der Waals surface area contributed by atoms with Crippen LogP contribution in [0.3, 0.4) is 0 Å². The molecule has 0 atom stereocenters. The monoisotopic (exact) mass is 418 g/mol. The molecule has 1 amide bonds. The summed E-state index contributed by atoms with van der Waals surface area (Å²) in [6, 6.07) is 6.22. The standard InChI is InChI=1S/C15H19BrN2O5S/c16-12-1-3-13(4-2-12)24(22,23)17-8-5-14(19)18-9-6-11(7-10-18)15(20)21/h1-4,11,17H,5-10H2,(H,20,21). The van der Waals surface area contributed by atoms with E-state index in [4.69, 9.17) is 5.11 Å². The Hall–Kier alpha value is -1.45. The number of aliphatic carboxylic acids is 1. The van der Waals surface area contributed by atoms with Gasteiger partial charge < -0.3 is 10.0 Å². The summed E-state index contributed by atoms with van der Waals surface area (Å²) >= 11 is 3.24. The summed E-state index contributed by atoms with van der Waals surface area (Å²) in [5.74, 6) is -1.40. The third kappa shape index (κ3) is 5.02. The largest absolute Gasteiger partial charge is 0.481 e. The van der Waals surface area contributed by atoms with E-state index in [1.807, 2.05) is 0 Å². The number of carboxylic acid groups (broad SMARTS) is 1. The maximum absolute atomic E-state index is 12.1. The van der Waals surface area contributed by atoms with Gasteiger partial charge in [0, 0.05) is 30.5 Å². The average molecular weight is 419 g/mol. The van der Waals surface area contributed by atoms with Crippen LogP contribution < -0.4 is 4.72 Å². The highest BCUT2D eigenvalue weighted by Crippen LogP contribution is 2.18. The summed E-state index contributed by atoms with van der Waals surface area (Å²) in [5.41, 5.74) is 0. The van der Waals surface area contributed by atoms with Crippen LogP contribution in [0.5, 0.6) is 0 Å². The molecule has 2 rings (SSSR count). The first-order valence-electron chi connectivity index (χ1n) is 7.55. The van der Waals surface area contributed by atoms with Crippen molar-refractivity contribution in [2.75, 3.05) is 19.6 Å². The Labute approximate surface area is 149 Å². The third-order valence-electron chi connectivity index (χ3n) is 3.95. The van der Waals surface area contributed by atoms with Gasteiger partial charge in [-0.1, -0.05) is 15.9 Å². The smallest absolute Gasteiger partial charge is 0.306 e. The van der Waals surface area contributed by atoms with Gasteiger partial charge in [0.25, 0.3) is 0 Å². The van der Waals surface area contributed by atoms with Gasteiger partial charge in [0.15, 0.2) is 0 Å². The fourth-order valence-electron chi connectivity index (χ4n) is 2.52. The van der Waals surface area contributed by atoms with Crippen molar-refractivity contribution in [1.29, 1.82) is 0 Å². The molecule has 132 valence electrons. The minimum absolute atomic E-state index is 0.0100. The quantitative estimate of drug-likeness (QED) is 0.727. The fourth-order valence-corrected chi connectivity index (χ4v) is 3.82. The zero-order valence-corrected chi connectivity index (χ0v) is 15.3. The molecular weight excluding hydrogens is 400 g/mol. The number of piperidine rings is 1. The summed E-state index contributed by atoms with van der Waals surface area (Å²) in [6.07, 6.45) is 0.922. The second kappa shape index (κ2) is 8.09. The van der Waals surface area contributed by atoms with Crippen molar-refractivity contribution in [3.8, 4) is 0 Å². The lowest BCUT2D eigenvalue weighted by molar-refractivity contribution is -0.145. The summed E-state index contributed by atoms with van der Waals surface area (Å²) in [5, 5.41) is 8.94. The van der Waals surface area contributed by atoms with E-state index in [-0.39, 0.29) is 23.8 Å². The molecule has 2 N–H and O–H groups in total. The maximum atomic E-state index is 12.1. The third-order valence-corrected chi connectivity index (χ3v) is 5.96. The van der Waals surface area contributed by atoms with Crippen molar-refractivity contribution >= 4 is 37.8 Å². The van der Waals surface area contributed by atoms with E-state index in [9.17, 15) is 18.0 Å². The van der Waals surface area contributed by atoms with Crippen LogP contribution in [0.1, 0.15) is 19.3 Å². The van der Waals surface area contributed by atoms with Gasteiger partial charge in [0.1, 0.15) is 0 Å². The van der Waals surface area contributed by atoms with Crippen LogP contribution in [0.2, 0.25) is 0 Å². The van der Waals surface area contributed by atoms with E-state index in [0.29, 0.717) is 25.9 Å². The topological polar surface area (TPSA) is 104 Å². The molecule has 0 aromatic heterocycles. The molecule has 0 saturated carbocycles. The van der Waals surface area contributed by atoms with Gasteiger partial charge in [-0.2, -0.15) is 0 Å². The van der Waals surface area contributed by atoms with Crippen molar-refractivity contribution in [3.05, 3.63) is 28.7 Å². The number of nitrogens with zero attached hydrogens (tertiary/aromatic N) is 1. The lowest BCUT2D eigenvalue weighted by Gasteiger charge is -2.30. The number of carbonyl (C=O) groups excluding carboxylic acids is 1. The second-order valence-corrected chi connectivity index (χ2v) is 8.28. The first-order chi connectivity index (χ1) is 11.3.